The van der Waals surface area contributed by atoms with Crippen LogP contribution in [0.4, 0.5) is 0 Å². The SMILES string of the molecule is CC(C)=C(OC/C=C/c1ccccc1)C(=O)O[C@@H]1C[C@H](C)CC[C@H]1C(C)C. The van der Waals surface area contributed by atoms with E-state index in [-0.39, 0.29) is 12.1 Å². The summed E-state index contributed by atoms with van der Waals surface area (Å²) in [6.07, 6.45) is 7.18. The molecule has 0 spiro atoms. The molecule has 27 heavy (non-hydrogen) atoms. The molecule has 1 saturated carbocycles. The highest BCUT2D eigenvalue weighted by molar-refractivity contribution is 5.87. The van der Waals surface area contributed by atoms with Crippen LogP contribution in [-0.2, 0) is 14.3 Å². The number of ether oxygens (including phenoxy) is 2. The Kier molecular flexibility index (Phi) is 8.15. The molecule has 0 bridgehead atoms. The second kappa shape index (κ2) is 10.3. The van der Waals surface area contributed by atoms with Gasteiger partial charge in [-0.05, 0) is 61.7 Å². The zero-order chi connectivity index (χ0) is 19.8. The molecule has 0 radical (unpaired) electrons. The van der Waals surface area contributed by atoms with E-state index in [0.29, 0.717) is 30.1 Å². The van der Waals surface area contributed by atoms with Crippen molar-refractivity contribution in [3.63, 3.8) is 0 Å². The number of esters is 1. The monoisotopic (exact) mass is 370 g/mol. The number of carbonyl (C=O) groups excluding carboxylic acids is 1. The van der Waals surface area contributed by atoms with Gasteiger partial charge in [0.2, 0.25) is 5.76 Å². The largest absolute Gasteiger partial charge is 0.482 e. The predicted molar refractivity (Wildman–Crippen MR) is 111 cm³/mol. The third kappa shape index (κ3) is 6.57. The molecule has 3 atom stereocenters. The van der Waals surface area contributed by atoms with Crippen molar-refractivity contribution in [3.8, 4) is 0 Å². The third-order valence-corrected chi connectivity index (χ3v) is 5.29. The summed E-state index contributed by atoms with van der Waals surface area (Å²) in [5, 5.41) is 0. The van der Waals surface area contributed by atoms with E-state index in [1.54, 1.807) is 0 Å². The van der Waals surface area contributed by atoms with Crippen molar-refractivity contribution >= 4 is 12.0 Å². The predicted octanol–water partition coefficient (Wildman–Crippen LogP) is 6.01. The lowest BCUT2D eigenvalue weighted by Crippen LogP contribution is -2.36. The summed E-state index contributed by atoms with van der Waals surface area (Å²) in [5.74, 6) is 1.56. The van der Waals surface area contributed by atoms with Gasteiger partial charge in [0.25, 0.3) is 0 Å². The van der Waals surface area contributed by atoms with Gasteiger partial charge in [-0.15, -0.1) is 0 Å². The van der Waals surface area contributed by atoms with Gasteiger partial charge in [0.05, 0.1) is 0 Å². The normalized spacial score (nSPS) is 22.7. The number of hydrogen-bond acceptors (Lipinski definition) is 3. The quantitative estimate of drug-likeness (QED) is 0.335. The minimum absolute atomic E-state index is 0.0148. The lowest BCUT2D eigenvalue weighted by Gasteiger charge is -2.36. The summed E-state index contributed by atoms with van der Waals surface area (Å²) in [5.41, 5.74) is 1.96. The Hall–Kier alpha value is -2.03. The van der Waals surface area contributed by atoms with E-state index < -0.39 is 0 Å². The van der Waals surface area contributed by atoms with Gasteiger partial charge < -0.3 is 9.47 Å². The first kappa shape index (κ1) is 21.3. The Morgan fingerprint density at radius 3 is 2.52 bits per heavy atom. The van der Waals surface area contributed by atoms with Crippen molar-refractivity contribution in [2.24, 2.45) is 17.8 Å². The molecule has 0 N–H and O–H groups in total. The van der Waals surface area contributed by atoms with Gasteiger partial charge in [-0.1, -0.05) is 63.6 Å². The fourth-order valence-electron chi connectivity index (χ4n) is 3.73. The molecular formula is C24H34O3. The van der Waals surface area contributed by atoms with Crippen molar-refractivity contribution < 1.29 is 14.3 Å². The van der Waals surface area contributed by atoms with Crippen LogP contribution in [0.5, 0.6) is 0 Å². The molecule has 2 rings (SSSR count). The lowest BCUT2D eigenvalue weighted by molar-refractivity contribution is -0.155. The third-order valence-electron chi connectivity index (χ3n) is 5.29. The van der Waals surface area contributed by atoms with E-state index in [2.05, 4.69) is 20.8 Å². The van der Waals surface area contributed by atoms with Gasteiger partial charge in [-0.3, -0.25) is 0 Å². The van der Waals surface area contributed by atoms with E-state index in [9.17, 15) is 4.79 Å². The molecule has 1 aromatic rings. The minimum Gasteiger partial charge on any atom is -0.482 e. The Morgan fingerprint density at radius 1 is 1.19 bits per heavy atom. The van der Waals surface area contributed by atoms with Crippen LogP contribution >= 0.6 is 0 Å². The maximum Gasteiger partial charge on any atom is 0.373 e. The topological polar surface area (TPSA) is 35.5 Å². The number of allylic oxidation sites excluding steroid dienone is 1. The number of rotatable bonds is 7. The molecule has 1 aliphatic carbocycles. The summed E-state index contributed by atoms with van der Waals surface area (Å²) in [7, 11) is 0. The fraction of sp³-hybridized carbons (Fsp3) is 0.542. The molecule has 1 aliphatic rings. The fourth-order valence-corrected chi connectivity index (χ4v) is 3.73. The molecule has 0 aromatic heterocycles. The van der Waals surface area contributed by atoms with Crippen molar-refractivity contribution in [1.82, 2.24) is 0 Å². The maximum atomic E-state index is 12.8. The van der Waals surface area contributed by atoms with E-state index in [1.165, 1.54) is 6.42 Å². The van der Waals surface area contributed by atoms with Crippen LogP contribution in [-0.4, -0.2) is 18.7 Å². The summed E-state index contributed by atoms with van der Waals surface area (Å²) in [6.45, 7) is 10.8. The molecule has 3 heteroatoms. The highest BCUT2D eigenvalue weighted by atomic mass is 16.6. The van der Waals surface area contributed by atoms with Gasteiger partial charge in [-0.2, -0.15) is 0 Å². The second-order valence-corrected chi connectivity index (χ2v) is 8.22. The molecule has 1 fully saturated rings. The average molecular weight is 371 g/mol. The first-order valence-corrected chi connectivity index (χ1v) is 10.1. The molecular weight excluding hydrogens is 336 g/mol. The number of hydrogen-bond donors (Lipinski definition) is 0. The Bertz CT molecular complexity index is 653. The van der Waals surface area contributed by atoms with Crippen LogP contribution in [0.3, 0.4) is 0 Å². The van der Waals surface area contributed by atoms with Gasteiger partial charge in [-0.25, -0.2) is 4.79 Å². The first-order chi connectivity index (χ1) is 12.9. The highest BCUT2D eigenvalue weighted by Crippen LogP contribution is 2.35. The lowest BCUT2D eigenvalue weighted by atomic mass is 9.75. The van der Waals surface area contributed by atoms with Crippen LogP contribution in [0.1, 0.15) is 59.4 Å². The highest BCUT2D eigenvalue weighted by Gasteiger charge is 2.34. The van der Waals surface area contributed by atoms with Crippen LogP contribution in [0.25, 0.3) is 6.08 Å². The number of carbonyl (C=O) groups is 1. The molecule has 0 heterocycles. The Labute approximate surface area is 164 Å². The molecule has 148 valence electrons. The molecule has 0 unspecified atom stereocenters. The zero-order valence-electron chi connectivity index (χ0n) is 17.4. The number of benzene rings is 1. The summed E-state index contributed by atoms with van der Waals surface area (Å²) < 4.78 is 11.7. The van der Waals surface area contributed by atoms with E-state index in [4.69, 9.17) is 9.47 Å². The standard InChI is InChI=1S/C24H34O3/c1-17(2)21-14-13-19(5)16-22(21)27-24(25)23(18(3)4)26-15-9-12-20-10-7-6-8-11-20/h6-12,17,19,21-22H,13-16H2,1-5H3/b12-9+/t19-,21+,22-/m1/s1. The zero-order valence-corrected chi connectivity index (χ0v) is 17.4. The van der Waals surface area contributed by atoms with Gasteiger partial charge in [0, 0.05) is 0 Å². The van der Waals surface area contributed by atoms with Crippen molar-refractivity contribution in [1.29, 1.82) is 0 Å². The average Bonchev–Trinajstić information content (AvgIpc) is 2.61. The van der Waals surface area contributed by atoms with Crippen molar-refractivity contribution in [3.05, 3.63) is 53.3 Å². The van der Waals surface area contributed by atoms with Crippen LogP contribution in [0.15, 0.2) is 47.7 Å². The Morgan fingerprint density at radius 2 is 1.89 bits per heavy atom. The molecule has 0 aliphatic heterocycles. The maximum absolute atomic E-state index is 12.8. The van der Waals surface area contributed by atoms with Crippen molar-refractivity contribution in [2.45, 2.75) is 60.0 Å². The summed E-state index contributed by atoms with van der Waals surface area (Å²) >= 11 is 0. The second-order valence-electron chi connectivity index (χ2n) is 8.22. The van der Waals surface area contributed by atoms with Crippen LogP contribution in [0, 0.1) is 17.8 Å². The van der Waals surface area contributed by atoms with Gasteiger partial charge in [0.15, 0.2) is 0 Å². The van der Waals surface area contributed by atoms with Crippen molar-refractivity contribution in [2.75, 3.05) is 6.61 Å². The van der Waals surface area contributed by atoms with Crippen LogP contribution < -0.4 is 0 Å². The molecule has 3 nitrogen and oxygen atoms in total. The smallest absolute Gasteiger partial charge is 0.373 e. The molecule has 0 saturated heterocycles. The van der Waals surface area contributed by atoms with E-state index in [0.717, 1.165) is 24.0 Å². The first-order valence-electron chi connectivity index (χ1n) is 10.1. The summed E-state index contributed by atoms with van der Waals surface area (Å²) in [6, 6.07) is 10.0. The van der Waals surface area contributed by atoms with E-state index >= 15 is 0 Å². The van der Waals surface area contributed by atoms with Gasteiger partial charge >= 0.3 is 5.97 Å². The van der Waals surface area contributed by atoms with Gasteiger partial charge in [0.1, 0.15) is 12.7 Å². The minimum atomic E-state index is -0.326. The Balaban J connectivity index is 1.96. The van der Waals surface area contributed by atoms with E-state index in [1.807, 2.05) is 56.3 Å². The van der Waals surface area contributed by atoms with Crippen LogP contribution in [0.2, 0.25) is 0 Å². The molecule has 0 amide bonds. The molecule has 1 aromatic carbocycles. The summed E-state index contributed by atoms with van der Waals surface area (Å²) in [4.78, 5) is 12.8.